The molecule has 140 valence electrons. The Labute approximate surface area is 148 Å². The third-order valence-electron chi connectivity index (χ3n) is 3.67. The Kier molecular flexibility index (Phi) is 9.34. The molecule has 0 unspecified atom stereocenters. The van der Waals surface area contributed by atoms with Crippen molar-refractivity contribution in [3.05, 3.63) is 23.8 Å². The van der Waals surface area contributed by atoms with Crippen LogP contribution in [0.5, 0.6) is 11.5 Å². The first-order valence-corrected chi connectivity index (χ1v) is 8.59. The third-order valence-corrected chi connectivity index (χ3v) is 3.67. The monoisotopic (exact) mass is 352 g/mol. The molecule has 3 amide bonds. The van der Waals surface area contributed by atoms with Gasteiger partial charge in [0.15, 0.2) is 0 Å². The second kappa shape index (κ2) is 11.3. The predicted molar refractivity (Wildman–Crippen MR) is 94.9 cm³/mol. The Morgan fingerprint density at radius 2 is 1.80 bits per heavy atom. The maximum Gasteiger partial charge on any atom is 0.340 e. The maximum absolute atomic E-state index is 12.5. The van der Waals surface area contributed by atoms with Crippen molar-refractivity contribution in [1.29, 1.82) is 0 Å². The standard InChI is InChI=1S/C17H28N4O4/c1-2-3-4-5-6-7-10-20-21(17(25)19-12-18)16(24)14-9-8-13(22)11-15(14)23/h8-9,11,20,22-23H,2-7,10,12,18H2,1H3,(H,19,25). The van der Waals surface area contributed by atoms with E-state index in [0.29, 0.717) is 6.54 Å². The van der Waals surface area contributed by atoms with Crippen LogP contribution in [-0.2, 0) is 0 Å². The smallest absolute Gasteiger partial charge is 0.340 e. The number of carbonyl (C=O) groups excluding carboxylic acids is 2. The van der Waals surface area contributed by atoms with E-state index in [1.165, 1.54) is 31.4 Å². The zero-order valence-corrected chi connectivity index (χ0v) is 14.6. The van der Waals surface area contributed by atoms with Crippen LogP contribution in [0.4, 0.5) is 4.79 Å². The summed E-state index contributed by atoms with van der Waals surface area (Å²) in [5.74, 6) is -1.31. The molecule has 0 fully saturated rings. The van der Waals surface area contributed by atoms with E-state index in [9.17, 15) is 19.8 Å². The number of nitrogens with one attached hydrogen (secondary N) is 2. The summed E-state index contributed by atoms with van der Waals surface area (Å²) in [6.45, 7) is 2.47. The highest BCUT2D eigenvalue weighted by Gasteiger charge is 2.24. The van der Waals surface area contributed by atoms with Gasteiger partial charge in [-0.05, 0) is 18.6 Å². The molecule has 1 aromatic carbocycles. The molecule has 25 heavy (non-hydrogen) atoms. The van der Waals surface area contributed by atoms with Crippen molar-refractivity contribution in [1.82, 2.24) is 15.8 Å². The number of unbranched alkanes of at least 4 members (excludes halogenated alkanes) is 5. The van der Waals surface area contributed by atoms with E-state index in [2.05, 4.69) is 17.7 Å². The number of aromatic hydroxyl groups is 2. The van der Waals surface area contributed by atoms with Crippen LogP contribution in [-0.4, -0.2) is 40.4 Å². The van der Waals surface area contributed by atoms with Gasteiger partial charge in [0.2, 0.25) is 0 Å². The Morgan fingerprint density at radius 1 is 1.12 bits per heavy atom. The van der Waals surface area contributed by atoms with E-state index in [4.69, 9.17) is 5.73 Å². The molecule has 0 radical (unpaired) electrons. The molecule has 0 aliphatic rings. The fourth-order valence-electron chi connectivity index (χ4n) is 2.32. The van der Waals surface area contributed by atoms with Crippen LogP contribution in [0.3, 0.4) is 0 Å². The van der Waals surface area contributed by atoms with Gasteiger partial charge >= 0.3 is 6.03 Å². The lowest BCUT2D eigenvalue weighted by atomic mass is 10.1. The van der Waals surface area contributed by atoms with Gasteiger partial charge in [0.1, 0.15) is 11.5 Å². The van der Waals surface area contributed by atoms with Crippen LogP contribution < -0.4 is 16.5 Å². The Bertz CT molecular complexity index is 566. The molecule has 0 saturated carbocycles. The number of nitrogens with zero attached hydrogens (tertiary/aromatic N) is 1. The van der Waals surface area contributed by atoms with Crippen molar-refractivity contribution in [2.45, 2.75) is 45.4 Å². The summed E-state index contributed by atoms with van der Waals surface area (Å²) in [5, 5.41) is 22.3. The average Bonchev–Trinajstić information content (AvgIpc) is 2.57. The van der Waals surface area contributed by atoms with Gasteiger partial charge in [-0.1, -0.05) is 39.0 Å². The minimum atomic E-state index is -0.727. The fraction of sp³-hybridized carbons (Fsp3) is 0.529. The van der Waals surface area contributed by atoms with Crippen molar-refractivity contribution in [3.63, 3.8) is 0 Å². The first-order valence-electron chi connectivity index (χ1n) is 8.59. The SMILES string of the molecule is CCCCCCCCNN(C(=O)NCN)C(=O)c1ccc(O)cc1O. The molecule has 6 N–H and O–H groups in total. The lowest BCUT2D eigenvalue weighted by molar-refractivity contribution is 0.0723. The highest BCUT2D eigenvalue weighted by Crippen LogP contribution is 2.23. The van der Waals surface area contributed by atoms with Gasteiger partial charge in [0.05, 0.1) is 12.2 Å². The molecule has 8 nitrogen and oxygen atoms in total. The number of phenolic OH excluding ortho intramolecular Hbond substituents is 2. The number of nitrogens with two attached hydrogens (primary N) is 1. The van der Waals surface area contributed by atoms with E-state index in [1.807, 2.05) is 0 Å². The quantitative estimate of drug-likeness (QED) is 0.249. The summed E-state index contributed by atoms with van der Waals surface area (Å²) in [6, 6.07) is 2.85. The van der Waals surface area contributed by atoms with E-state index >= 15 is 0 Å². The van der Waals surface area contributed by atoms with Gasteiger partial charge in [-0.3, -0.25) is 4.79 Å². The van der Waals surface area contributed by atoms with Crippen molar-refractivity contribution in [2.75, 3.05) is 13.2 Å². The zero-order chi connectivity index (χ0) is 18.7. The molecular formula is C17H28N4O4. The van der Waals surface area contributed by atoms with E-state index in [-0.39, 0.29) is 18.0 Å². The maximum atomic E-state index is 12.5. The number of phenols is 2. The topological polar surface area (TPSA) is 128 Å². The minimum Gasteiger partial charge on any atom is -0.508 e. The van der Waals surface area contributed by atoms with E-state index in [1.54, 1.807) is 0 Å². The number of rotatable bonds is 10. The number of imide groups is 1. The fourth-order valence-corrected chi connectivity index (χ4v) is 2.32. The molecule has 0 atom stereocenters. The predicted octanol–water partition coefficient (Wildman–Crippen LogP) is 2.03. The normalized spacial score (nSPS) is 10.5. The summed E-state index contributed by atoms with van der Waals surface area (Å²) in [6.07, 6.45) is 6.47. The van der Waals surface area contributed by atoms with Crippen LogP contribution in [0.1, 0.15) is 55.8 Å². The molecule has 8 heteroatoms. The summed E-state index contributed by atoms with van der Waals surface area (Å²) in [4.78, 5) is 24.6. The number of hydrogen-bond donors (Lipinski definition) is 5. The Morgan fingerprint density at radius 3 is 2.44 bits per heavy atom. The van der Waals surface area contributed by atoms with Crippen molar-refractivity contribution in [3.8, 4) is 11.5 Å². The second-order valence-electron chi connectivity index (χ2n) is 5.70. The van der Waals surface area contributed by atoms with E-state index in [0.717, 1.165) is 30.3 Å². The van der Waals surface area contributed by atoms with Crippen LogP contribution in [0.2, 0.25) is 0 Å². The molecule has 0 heterocycles. The summed E-state index contributed by atoms with van der Waals surface area (Å²) in [5.41, 5.74) is 7.98. The van der Waals surface area contributed by atoms with Crippen LogP contribution in [0, 0.1) is 0 Å². The first kappa shape index (κ1) is 20.7. The van der Waals surface area contributed by atoms with Gasteiger partial charge in [-0.15, -0.1) is 0 Å². The highest BCUT2D eigenvalue weighted by molar-refractivity contribution is 6.05. The summed E-state index contributed by atoms with van der Waals surface area (Å²) >= 11 is 0. The molecular weight excluding hydrogens is 324 g/mol. The van der Waals surface area contributed by atoms with Crippen molar-refractivity contribution >= 4 is 11.9 Å². The largest absolute Gasteiger partial charge is 0.508 e. The third kappa shape index (κ3) is 6.98. The van der Waals surface area contributed by atoms with Gasteiger partial charge in [-0.2, -0.15) is 5.01 Å². The second-order valence-corrected chi connectivity index (χ2v) is 5.70. The molecule has 0 bridgehead atoms. The van der Waals surface area contributed by atoms with Crippen molar-refractivity contribution < 1.29 is 19.8 Å². The first-order chi connectivity index (χ1) is 12.0. The zero-order valence-electron chi connectivity index (χ0n) is 14.6. The van der Waals surface area contributed by atoms with Crippen molar-refractivity contribution in [2.24, 2.45) is 5.73 Å². The molecule has 0 aliphatic carbocycles. The Balaban J connectivity index is 2.66. The van der Waals surface area contributed by atoms with Gasteiger partial charge in [-0.25, -0.2) is 10.2 Å². The average molecular weight is 352 g/mol. The summed E-state index contributed by atoms with van der Waals surface area (Å²) in [7, 11) is 0. The van der Waals surface area contributed by atoms with Gasteiger partial charge in [0, 0.05) is 12.6 Å². The lowest BCUT2D eigenvalue weighted by Crippen LogP contribution is -2.52. The Hall–Kier alpha value is -2.32. The van der Waals surface area contributed by atoms with Crippen LogP contribution in [0.25, 0.3) is 0 Å². The van der Waals surface area contributed by atoms with E-state index < -0.39 is 17.7 Å². The van der Waals surface area contributed by atoms with Gasteiger partial charge < -0.3 is 21.3 Å². The molecule has 0 aliphatic heterocycles. The van der Waals surface area contributed by atoms with Crippen LogP contribution >= 0.6 is 0 Å². The molecule has 0 saturated heterocycles. The number of urea groups is 1. The molecule has 1 rings (SSSR count). The number of benzene rings is 1. The number of hydrazine groups is 1. The number of amides is 3. The lowest BCUT2D eigenvalue weighted by Gasteiger charge is -2.22. The van der Waals surface area contributed by atoms with Crippen LogP contribution in [0.15, 0.2) is 18.2 Å². The molecule has 0 spiro atoms. The summed E-state index contributed by atoms with van der Waals surface area (Å²) < 4.78 is 0. The number of carbonyl (C=O) groups is 2. The molecule has 0 aromatic heterocycles. The highest BCUT2D eigenvalue weighted by atomic mass is 16.3. The minimum absolute atomic E-state index is 0.0968. The molecule has 1 aromatic rings. The number of hydrogen-bond acceptors (Lipinski definition) is 6. The van der Waals surface area contributed by atoms with Gasteiger partial charge in [0.25, 0.3) is 5.91 Å².